The molecule has 0 fully saturated rings. The fourth-order valence-electron chi connectivity index (χ4n) is 1.60. The Kier molecular flexibility index (Phi) is 3.57. The van der Waals surface area contributed by atoms with E-state index in [1.807, 2.05) is 18.2 Å². The molecule has 0 aliphatic carbocycles. The molecule has 1 N–H and O–H groups in total. The number of carbonyl (C=O) groups is 1. The Morgan fingerprint density at radius 1 is 1.39 bits per heavy atom. The highest BCUT2D eigenvalue weighted by atomic mass is 16.3. The van der Waals surface area contributed by atoms with E-state index in [1.54, 1.807) is 12.1 Å². The zero-order valence-electron chi connectivity index (χ0n) is 9.97. The monoisotopic (exact) mass is 243 g/mol. The molecule has 0 atom stereocenters. The zero-order valence-corrected chi connectivity index (χ0v) is 9.97. The summed E-state index contributed by atoms with van der Waals surface area (Å²) >= 11 is 0. The maximum atomic E-state index is 11.6. The standard InChI is InChI=1S/C14H13NO3/c1-10(16)15-7-2-3-11-4-5-14-12(9-11)13(17)6-8-18-14/h2-6,8-9H,7H2,1H3,(H,15,16). The highest BCUT2D eigenvalue weighted by molar-refractivity contribution is 5.79. The minimum absolute atomic E-state index is 0.0617. The summed E-state index contributed by atoms with van der Waals surface area (Å²) in [5.41, 5.74) is 1.40. The number of carbonyl (C=O) groups excluding carboxylic acids is 1. The lowest BCUT2D eigenvalue weighted by Crippen LogP contribution is -2.19. The van der Waals surface area contributed by atoms with Crippen molar-refractivity contribution in [2.45, 2.75) is 6.92 Å². The van der Waals surface area contributed by atoms with Crippen LogP contribution < -0.4 is 10.7 Å². The Morgan fingerprint density at radius 3 is 3.00 bits per heavy atom. The van der Waals surface area contributed by atoms with E-state index < -0.39 is 0 Å². The molecule has 0 saturated carbocycles. The van der Waals surface area contributed by atoms with Crippen LogP contribution in [0.15, 0.2) is 45.8 Å². The number of nitrogens with one attached hydrogen (secondary N) is 1. The van der Waals surface area contributed by atoms with Crippen LogP contribution in [0, 0.1) is 0 Å². The molecule has 0 aliphatic heterocycles. The van der Waals surface area contributed by atoms with Gasteiger partial charge in [0.05, 0.1) is 11.6 Å². The molecule has 0 radical (unpaired) electrons. The van der Waals surface area contributed by atoms with Crippen molar-refractivity contribution < 1.29 is 9.21 Å². The highest BCUT2D eigenvalue weighted by Gasteiger charge is 1.99. The SMILES string of the molecule is CC(=O)NCC=Cc1ccc2occc(=O)c2c1. The van der Waals surface area contributed by atoms with E-state index >= 15 is 0 Å². The molecule has 2 rings (SSSR count). The first-order valence-electron chi connectivity index (χ1n) is 5.59. The minimum Gasteiger partial charge on any atom is -0.464 e. The van der Waals surface area contributed by atoms with E-state index in [9.17, 15) is 9.59 Å². The van der Waals surface area contributed by atoms with E-state index in [2.05, 4.69) is 5.32 Å². The number of rotatable bonds is 3. The Balaban J connectivity index is 2.22. The summed E-state index contributed by atoms with van der Waals surface area (Å²) in [5, 5.41) is 3.21. The first kappa shape index (κ1) is 12.1. The van der Waals surface area contributed by atoms with Gasteiger partial charge in [-0.3, -0.25) is 9.59 Å². The van der Waals surface area contributed by atoms with Crippen LogP contribution >= 0.6 is 0 Å². The Hall–Kier alpha value is -2.36. The second kappa shape index (κ2) is 5.31. The Morgan fingerprint density at radius 2 is 2.22 bits per heavy atom. The second-order valence-corrected chi connectivity index (χ2v) is 3.88. The van der Waals surface area contributed by atoms with Crippen LogP contribution in [0.4, 0.5) is 0 Å². The average molecular weight is 243 g/mol. The van der Waals surface area contributed by atoms with Crippen molar-refractivity contribution in [3.8, 4) is 0 Å². The minimum atomic E-state index is -0.0706. The molecule has 0 saturated heterocycles. The van der Waals surface area contributed by atoms with Crippen LogP contribution in [0.5, 0.6) is 0 Å². The van der Waals surface area contributed by atoms with Gasteiger partial charge in [-0.1, -0.05) is 18.2 Å². The molecule has 0 unspecified atom stereocenters. The molecule has 2 aromatic rings. The van der Waals surface area contributed by atoms with E-state index in [4.69, 9.17) is 4.42 Å². The molecule has 0 spiro atoms. The summed E-state index contributed by atoms with van der Waals surface area (Å²) in [6, 6.07) is 6.78. The predicted octanol–water partition coefficient (Wildman–Crippen LogP) is 1.94. The fraction of sp³-hybridized carbons (Fsp3) is 0.143. The van der Waals surface area contributed by atoms with Gasteiger partial charge in [-0.25, -0.2) is 0 Å². The van der Waals surface area contributed by atoms with Gasteiger partial charge in [0.15, 0.2) is 5.43 Å². The third kappa shape index (κ3) is 2.85. The molecule has 0 bridgehead atoms. The largest absolute Gasteiger partial charge is 0.464 e. The molecule has 18 heavy (non-hydrogen) atoms. The van der Waals surface area contributed by atoms with Crippen molar-refractivity contribution >= 4 is 23.0 Å². The molecule has 92 valence electrons. The van der Waals surface area contributed by atoms with Crippen molar-refractivity contribution in [2.24, 2.45) is 0 Å². The predicted molar refractivity (Wildman–Crippen MR) is 70.2 cm³/mol. The number of benzene rings is 1. The van der Waals surface area contributed by atoms with E-state index in [0.29, 0.717) is 17.5 Å². The van der Waals surface area contributed by atoms with Gasteiger partial charge in [0, 0.05) is 19.5 Å². The van der Waals surface area contributed by atoms with Gasteiger partial charge in [0.1, 0.15) is 5.58 Å². The van der Waals surface area contributed by atoms with Crippen LogP contribution in [0.2, 0.25) is 0 Å². The van der Waals surface area contributed by atoms with E-state index in [0.717, 1.165) is 5.56 Å². The lowest BCUT2D eigenvalue weighted by atomic mass is 10.1. The molecular formula is C14H13NO3. The van der Waals surface area contributed by atoms with Gasteiger partial charge >= 0.3 is 0 Å². The highest BCUT2D eigenvalue weighted by Crippen LogP contribution is 2.13. The normalized spacial score (nSPS) is 10.9. The van der Waals surface area contributed by atoms with Crippen LogP contribution in [0.3, 0.4) is 0 Å². The first-order valence-corrected chi connectivity index (χ1v) is 5.59. The van der Waals surface area contributed by atoms with Crippen LogP contribution in [0.1, 0.15) is 12.5 Å². The molecule has 4 nitrogen and oxygen atoms in total. The quantitative estimate of drug-likeness (QED) is 0.896. The van der Waals surface area contributed by atoms with Gasteiger partial charge in [-0.05, 0) is 17.7 Å². The topological polar surface area (TPSA) is 59.3 Å². The number of amides is 1. The van der Waals surface area contributed by atoms with Crippen molar-refractivity contribution in [2.75, 3.05) is 6.54 Å². The van der Waals surface area contributed by atoms with E-state index in [-0.39, 0.29) is 11.3 Å². The lowest BCUT2D eigenvalue weighted by Gasteiger charge is -1.98. The van der Waals surface area contributed by atoms with Crippen LogP contribution in [-0.4, -0.2) is 12.5 Å². The molecule has 0 aliphatic rings. The fourth-order valence-corrected chi connectivity index (χ4v) is 1.60. The van der Waals surface area contributed by atoms with Crippen LogP contribution in [-0.2, 0) is 4.79 Å². The van der Waals surface area contributed by atoms with Gasteiger partial charge in [-0.15, -0.1) is 0 Å². The van der Waals surface area contributed by atoms with Gasteiger partial charge in [-0.2, -0.15) is 0 Å². The van der Waals surface area contributed by atoms with Crippen molar-refractivity contribution in [1.82, 2.24) is 5.32 Å². The maximum Gasteiger partial charge on any atom is 0.217 e. The molecular weight excluding hydrogens is 230 g/mol. The molecule has 1 heterocycles. The second-order valence-electron chi connectivity index (χ2n) is 3.88. The summed E-state index contributed by atoms with van der Waals surface area (Å²) in [7, 11) is 0. The average Bonchev–Trinajstić information content (AvgIpc) is 2.35. The Bertz CT molecular complexity index is 655. The summed E-state index contributed by atoms with van der Waals surface area (Å²) in [4.78, 5) is 22.3. The van der Waals surface area contributed by atoms with Crippen LogP contribution in [0.25, 0.3) is 17.0 Å². The van der Waals surface area contributed by atoms with Gasteiger partial charge < -0.3 is 9.73 Å². The van der Waals surface area contributed by atoms with Crippen molar-refractivity contribution in [3.63, 3.8) is 0 Å². The first-order chi connectivity index (χ1) is 8.66. The van der Waals surface area contributed by atoms with Gasteiger partial charge in [0.25, 0.3) is 0 Å². The maximum absolute atomic E-state index is 11.6. The Labute approximate surface area is 104 Å². The number of hydrogen-bond donors (Lipinski definition) is 1. The molecule has 1 aromatic carbocycles. The molecule has 1 aromatic heterocycles. The number of fused-ring (bicyclic) bond motifs is 1. The third-order valence-corrected chi connectivity index (χ3v) is 2.46. The van der Waals surface area contributed by atoms with Crippen molar-refractivity contribution in [3.05, 3.63) is 52.4 Å². The molecule has 1 amide bonds. The summed E-state index contributed by atoms with van der Waals surface area (Å²) in [6.07, 6.45) is 5.06. The van der Waals surface area contributed by atoms with Crippen molar-refractivity contribution in [1.29, 1.82) is 0 Å². The molecule has 4 heteroatoms. The zero-order chi connectivity index (χ0) is 13.0. The smallest absolute Gasteiger partial charge is 0.217 e. The van der Waals surface area contributed by atoms with Gasteiger partial charge in [0.2, 0.25) is 5.91 Å². The van der Waals surface area contributed by atoms with E-state index in [1.165, 1.54) is 19.3 Å². The summed E-state index contributed by atoms with van der Waals surface area (Å²) in [5.74, 6) is -0.0706. The number of hydrogen-bond acceptors (Lipinski definition) is 3. The third-order valence-electron chi connectivity index (χ3n) is 2.46. The lowest BCUT2D eigenvalue weighted by molar-refractivity contribution is -0.118. The summed E-state index contributed by atoms with van der Waals surface area (Å²) < 4.78 is 5.22. The summed E-state index contributed by atoms with van der Waals surface area (Å²) in [6.45, 7) is 1.94.